The number of likely N-dealkylation sites (tertiary alicyclic amines) is 1. The number of ether oxygens (including phenoxy) is 1. The van der Waals surface area contributed by atoms with E-state index in [0.29, 0.717) is 37.8 Å². The molecule has 0 bridgehead atoms. The lowest BCUT2D eigenvalue weighted by atomic mass is 10.0. The second kappa shape index (κ2) is 5.28. The SMILES string of the molecule is CC(=O)N1CC(c2nc(CCOCC3CC3)no2)C1. The maximum absolute atomic E-state index is 11.1. The predicted octanol–water partition coefficient (Wildman–Crippen LogP) is 0.984. The van der Waals surface area contributed by atoms with Crippen molar-refractivity contribution < 1.29 is 14.1 Å². The second-order valence-electron chi connectivity index (χ2n) is 5.44. The van der Waals surface area contributed by atoms with E-state index in [4.69, 9.17) is 9.26 Å². The molecule has 2 fully saturated rings. The summed E-state index contributed by atoms with van der Waals surface area (Å²) in [4.78, 5) is 17.2. The summed E-state index contributed by atoms with van der Waals surface area (Å²) in [5.41, 5.74) is 0. The highest BCUT2D eigenvalue weighted by molar-refractivity contribution is 5.74. The molecule has 1 aromatic rings. The van der Waals surface area contributed by atoms with Crippen molar-refractivity contribution in [3.63, 3.8) is 0 Å². The molecule has 0 aromatic carbocycles. The number of aromatic nitrogens is 2. The van der Waals surface area contributed by atoms with Gasteiger partial charge in [0.1, 0.15) is 0 Å². The Labute approximate surface area is 112 Å². The molecule has 6 heteroatoms. The molecule has 2 heterocycles. The Morgan fingerprint density at radius 3 is 2.95 bits per heavy atom. The first-order valence-electron chi connectivity index (χ1n) is 6.88. The summed E-state index contributed by atoms with van der Waals surface area (Å²) in [7, 11) is 0. The molecule has 1 aliphatic heterocycles. The molecule has 0 N–H and O–H groups in total. The Balaban J connectivity index is 1.40. The topological polar surface area (TPSA) is 68.5 Å². The molecule has 0 spiro atoms. The first kappa shape index (κ1) is 12.6. The molecule has 1 saturated heterocycles. The summed E-state index contributed by atoms with van der Waals surface area (Å²) < 4.78 is 10.8. The average molecular weight is 265 g/mol. The van der Waals surface area contributed by atoms with Gasteiger partial charge in [0.15, 0.2) is 5.82 Å². The van der Waals surface area contributed by atoms with E-state index < -0.39 is 0 Å². The van der Waals surface area contributed by atoms with Gasteiger partial charge < -0.3 is 14.2 Å². The van der Waals surface area contributed by atoms with Crippen LogP contribution in [0.3, 0.4) is 0 Å². The van der Waals surface area contributed by atoms with Gasteiger partial charge in [-0.2, -0.15) is 4.98 Å². The molecule has 0 unspecified atom stereocenters. The van der Waals surface area contributed by atoms with Crippen molar-refractivity contribution in [2.24, 2.45) is 5.92 Å². The molecule has 19 heavy (non-hydrogen) atoms. The fourth-order valence-corrected chi connectivity index (χ4v) is 2.12. The number of rotatable bonds is 6. The fourth-order valence-electron chi connectivity index (χ4n) is 2.12. The van der Waals surface area contributed by atoms with Gasteiger partial charge >= 0.3 is 0 Å². The van der Waals surface area contributed by atoms with E-state index >= 15 is 0 Å². The first-order chi connectivity index (χ1) is 9.22. The summed E-state index contributed by atoms with van der Waals surface area (Å²) in [6, 6.07) is 0. The number of carbonyl (C=O) groups is 1. The smallest absolute Gasteiger partial charge is 0.233 e. The molecule has 104 valence electrons. The molecule has 0 atom stereocenters. The largest absolute Gasteiger partial charge is 0.381 e. The van der Waals surface area contributed by atoms with Crippen LogP contribution in [-0.2, 0) is 16.0 Å². The van der Waals surface area contributed by atoms with Crippen LogP contribution in [0.1, 0.15) is 37.4 Å². The van der Waals surface area contributed by atoms with Gasteiger partial charge in [0.2, 0.25) is 11.8 Å². The first-order valence-corrected chi connectivity index (χ1v) is 6.88. The molecule has 6 nitrogen and oxygen atoms in total. The minimum absolute atomic E-state index is 0.101. The molecule has 0 radical (unpaired) electrons. The Bertz CT molecular complexity index is 450. The van der Waals surface area contributed by atoms with Gasteiger partial charge in [-0.1, -0.05) is 5.16 Å². The van der Waals surface area contributed by atoms with E-state index in [0.717, 1.165) is 12.5 Å². The Kier molecular flexibility index (Phi) is 3.50. The van der Waals surface area contributed by atoms with Crippen LogP contribution in [0.25, 0.3) is 0 Å². The lowest BCUT2D eigenvalue weighted by Crippen LogP contribution is -2.47. The molecular formula is C13H19N3O3. The second-order valence-corrected chi connectivity index (χ2v) is 5.44. The number of amides is 1. The van der Waals surface area contributed by atoms with Gasteiger partial charge in [-0.15, -0.1) is 0 Å². The minimum Gasteiger partial charge on any atom is -0.381 e. The van der Waals surface area contributed by atoms with Crippen molar-refractivity contribution in [3.05, 3.63) is 11.7 Å². The van der Waals surface area contributed by atoms with Crippen molar-refractivity contribution in [2.45, 2.75) is 32.1 Å². The van der Waals surface area contributed by atoms with E-state index in [1.54, 1.807) is 11.8 Å². The summed E-state index contributed by atoms with van der Waals surface area (Å²) in [6.07, 6.45) is 3.31. The maximum atomic E-state index is 11.1. The summed E-state index contributed by atoms with van der Waals surface area (Å²) in [5.74, 6) is 2.44. The van der Waals surface area contributed by atoms with Gasteiger partial charge in [0, 0.05) is 33.0 Å². The zero-order chi connectivity index (χ0) is 13.2. The van der Waals surface area contributed by atoms with Crippen LogP contribution in [0.5, 0.6) is 0 Å². The van der Waals surface area contributed by atoms with Crippen LogP contribution in [0.15, 0.2) is 4.52 Å². The number of nitrogens with zero attached hydrogens (tertiary/aromatic N) is 3. The molecule has 1 amide bonds. The molecule has 3 rings (SSSR count). The molecule has 1 aliphatic carbocycles. The molecule has 2 aliphatic rings. The zero-order valence-corrected chi connectivity index (χ0v) is 11.2. The number of hydrogen-bond acceptors (Lipinski definition) is 5. The third-order valence-corrected chi connectivity index (χ3v) is 3.68. The molecular weight excluding hydrogens is 246 g/mol. The molecule has 1 aromatic heterocycles. The normalized spacial score (nSPS) is 19.5. The van der Waals surface area contributed by atoms with Crippen molar-refractivity contribution in [1.29, 1.82) is 0 Å². The standard InChI is InChI=1S/C13H19N3O3/c1-9(17)16-6-11(7-16)13-14-12(15-19-13)4-5-18-8-10-2-3-10/h10-11H,2-8H2,1H3. The third-order valence-electron chi connectivity index (χ3n) is 3.68. The van der Waals surface area contributed by atoms with E-state index in [2.05, 4.69) is 10.1 Å². The lowest BCUT2D eigenvalue weighted by molar-refractivity contribution is -0.133. The van der Waals surface area contributed by atoms with Crippen molar-refractivity contribution >= 4 is 5.91 Å². The van der Waals surface area contributed by atoms with Crippen LogP contribution in [-0.4, -0.2) is 47.3 Å². The van der Waals surface area contributed by atoms with Gasteiger partial charge in [-0.3, -0.25) is 4.79 Å². The van der Waals surface area contributed by atoms with Gasteiger partial charge in [-0.05, 0) is 18.8 Å². The Morgan fingerprint density at radius 1 is 1.47 bits per heavy atom. The highest BCUT2D eigenvalue weighted by Crippen LogP contribution is 2.29. The van der Waals surface area contributed by atoms with E-state index in [9.17, 15) is 4.79 Å². The minimum atomic E-state index is 0.101. The van der Waals surface area contributed by atoms with Crippen molar-refractivity contribution in [3.8, 4) is 0 Å². The van der Waals surface area contributed by atoms with Crippen LogP contribution in [0, 0.1) is 5.92 Å². The van der Waals surface area contributed by atoms with Crippen molar-refractivity contribution in [2.75, 3.05) is 26.3 Å². The van der Waals surface area contributed by atoms with Gasteiger partial charge in [0.05, 0.1) is 12.5 Å². The van der Waals surface area contributed by atoms with E-state index in [-0.39, 0.29) is 11.8 Å². The predicted molar refractivity (Wildman–Crippen MR) is 66.5 cm³/mol. The highest BCUT2D eigenvalue weighted by atomic mass is 16.5. The number of carbonyl (C=O) groups excluding carboxylic acids is 1. The number of hydrogen-bond donors (Lipinski definition) is 0. The Morgan fingerprint density at radius 2 is 2.26 bits per heavy atom. The van der Waals surface area contributed by atoms with E-state index in [1.807, 2.05) is 0 Å². The summed E-state index contributed by atoms with van der Waals surface area (Å²) >= 11 is 0. The fraction of sp³-hybridized carbons (Fsp3) is 0.769. The molecule has 1 saturated carbocycles. The van der Waals surface area contributed by atoms with Crippen LogP contribution in [0.4, 0.5) is 0 Å². The van der Waals surface area contributed by atoms with Crippen molar-refractivity contribution in [1.82, 2.24) is 15.0 Å². The van der Waals surface area contributed by atoms with E-state index in [1.165, 1.54) is 12.8 Å². The van der Waals surface area contributed by atoms with Crippen LogP contribution >= 0.6 is 0 Å². The monoisotopic (exact) mass is 265 g/mol. The lowest BCUT2D eigenvalue weighted by Gasteiger charge is -2.36. The average Bonchev–Trinajstić information content (AvgIpc) is 3.02. The highest BCUT2D eigenvalue weighted by Gasteiger charge is 2.33. The van der Waals surface area contributed by atoms with Crippen LogP contribution < -0.4 is 0 Å². The van der Waals surface area contributed by atoms with Crippen LogP contribution in [0.2, 0.25) is 0 Å². The summed E-state index contributed by atoms with van der Waals surface area (Å²) in [6.45, 7) is 4.47. The maximum Gasteiger partial charge on any atom is 0.233 e. The summed E-state index contributed by atoms with van der Waals surface area (Å²) in [5, 5.41) is 3.95. The quantitative estimate of drug-likeness (QED) is 0.717. The van der Waals surface area contributed by atoms with Gasteiger partial charge in [-0.25, -0.2) is 0 Å². The third kappa shape index (κ3) is 3.12. The van der Waals surface area contributed by atoms with Gasteiger partial charge in [0.25, 0.3) is 0 Å². The zero-order valence-electron chi connectivity index (χ0n) is 11.2. The Hall–Kier alpha value is -1.43.